The molecule has 2 aliphatic heterocycles. The van der Waals surface area contributed by atoms with Gasteiger partial charge in [0.15, 0.2) is 11.5 Å². The zero-order valence-corrected chi connectivity index (χ0v) is 15.8. The molecule has 3 unspecified atom stereocenters. The van der Waals surface area contributed by atoms with Gasteiger partial charge in [0.25, 0.3) is 0 Å². The third kappa shape index (κ3) is 3.61. The fraction of sp³-hybridized carbons (Fsp3) is 0.619. The third-order valence-electron chi connectivity index (χ3n) is 5.35. The van der Waals surface area contributed by atoms with E-state index in [1.54, 1.807) is 0 Å². The molecule has 0 aromatic heterocycles. The molecule has 0 saturated carbocycles. The van der Waals surface area contributed by atoms with Gasteiger partial charge in [0.05, 0.1) is 0 Å². The summed E-state index contributed by atoms with van der Waals surface area (Å²) in [7, 11) is 0. The number of hydrogen-bond acceptors (Lipinski definition) is 3. The van der Waals surface area contributed by atoms with Crippen LogP contribution in [0, 0.1) is 12.8 Å². The SMILES string of the molecule is CCN1CC(c2cc(C)c3c(c2)OCO3)CC1CC(C)C=C(C)C. The van der Waals surface area contributed by atoms with Crippen LogP contribution in [-0.4, -0.2) is 30.8 Å². The van der Waals surface area contributed by atoms with Crippen LogP contribution in [0.4, 0.5) is 0 Å². The van der Waals surface area contributed by atoms with Crippen LogP contribution in [0.1, 0.15) is 57.6 Å². The fourth-order valence-corrected chi connectivity index (χ4v) is 4.37. The molecule has 2 aliphatic rings. The van der Waals surface area contributed by atoms with Crippen LogP contribution in [0.25, 0.3) is 0 Å². The molecule has 0 bridgehead atoms. The number of nitrogens with zero attached hydrogens (tertiary/aromatic N) is 1. The molecule has 0 amide bonds. The first-order chi connectivity index (χ1) is 11.5. The van der Waals surface area contributed by atoms with E-state index in [1.165, 1.54) is 29.5 Å². The molecule has 0 spiro atoms. The Morgan fingerprint density at radius 1 is 1.33 bits per heavy atom. The third-order valence-corrected chi connectivity index (χ3v) is 5.35. The minimum absolute atomic E-state index is 0.355. The lowest BCUT2D eigenvalue weighted by molar-refractivity contribution is 0.173. The highest BCUT2D eigenvalue weighted by Gasteiger charge is 2.33. The number of likely N-dealkylation sites (tertiary alicyclic amines) is 1. The lowest BCUT2D eigenvalue weighted by Gasteiger charge is -2.24. The average Bonchev–Trinajstić information content (AvgIpc) is 3.12. The van der Waals surface area contributed by atoms with Crippen LogP contribution in [0.3, 0.4) is 0 Å². The quantitative estimate of drug-likeness (QED) is 0.718. The van der Waals surface area contributed by atoms with E-state index in [0.717, 1.165) is 24.6 Å². The van der Waals surface area contributed by atoms with Gasteiger partial charge in [-0.2, -0.15) is 0 Å². The summed E-state index contributed by atoms with van der Waals surface area (Å²) >= 11 is 0. The number of fused-ring (bicyclic) bond motifs is 1. The van der Waals surface area contributed by atoms with Crippen molar-refractivity contribution in [3.63, 3.8) is 0 Å². The summed E-state index contributed by atoms with van der Waals surface area (Å²) in [4.78, 5) is 2.65. The highest BCUT2D eigenvalue weighted by molar-refractivity contribution is 5.51. The Hall–Kier alpha value is -1.48. The standard InChI is InChI=1S/C21H31NO2/c1-6-22-12-18(10-19(22)8-15(4)7-14(2)3)17-9-16(5)21-20(11-17)23-13-24-21/h7,9,11,15,18-19H,6,8,10,12-13H2,1-5H3. The topological polar surface area (TPSA) is 21.7 Å². The Morgan fingerprint density at radius 3 is 2.83 bits per heavy atom. The number of ether oxygens (including phenoxy) is 2. The van der Waals surface area contributed by atoms with Crippen LogP contribution in [0.5, 0.6) is 11.5 Å². The van der Waals surface area contributed by atoms with E-state index in [-0.39, 0.29) is 0 Å². The van der Waals surface area contributed by atoms with Crippen molar-refractivity contribution in [2.45, 2.75) is 59.4 Å². The van der Waals surface area contributed by atoms with Crippen LogP contribution < -0.4 is 9.47 Å². The number of allylic oxidation sites excluding steroid dienone is 2. The zero-order valence-electron chi connectivity index (χ0n) is 15.8. The van der Waals surface area contributed by atoms with Gasteiger partial charge >= 0.3 is 0 Å². The van der Waals surface area contributed by atoms with Gasteiger partial charge < -0.3 is 14.4 Å². The molecule has 1 aromatic rings. The molecule has 3 rings (SSSR count). The van der Waals surface area contributed by atoms with Gasteiger partial charge in [-0.05, 0) is 69.2 Å². The van der Waals surface area contributed by atoms with E-state index in [1.807, 2.05) is 0 Å². The summed E-state index contributed by atoms with van der Waals surface area (Å²) in [6, 6.07) is 5.18. The summed E-state index contributed by atoms with van der Waals surface area (Å²) < 4.78 is 11.2. The first kappa shape index (κ1) is 17.3. The van der Waals surface area contributed by atoms with Crippen molar-refractivity contribution in [3.05, 3.63) is 34.9 Å². The van der Waals surface area contributed by atoms with E-state index in [0.29, 0.717) is 24.7 Å². The number of benzene rings is 1. The molecule has 132 valence electrons. The first-order valence-corrected chi connectivity index (χ1v) is 9.27. The van der Waals surface area contributed by atoms with Gasteiger partial charge in [-0.15, -0.1) is 0 Å². The summed E-state index contributed by atoms with van der Waals surface area (Å²) in [5, 5.41) is 0. The Balaban J connectivity index is 1.74. The molecular weight excluding hydrogens is 298 g/mol. The predicted octanol–water partition coefficient (Wildman–Crippen LogP) is 4.89. The first-order valence-electron chi connectivity index (χ1n) is 9.27. The van der Waals surface area contributed by atoms with Crippen molar-refractivity contribution in [2.75, 3.05) is 19.9 Å². The summed E-state index contributed by atoms with van der Waals surface area (Å²) in [5.74, 6) is 3.10. The summed E-state index contributed by atoms with van der Waals surface area (Å²) in [5.41, 5.74) is 4.03. The molecule has 2 heterocycles. The normalized spacial score (nSPS) is 24.2. The number of hydrogen-bond donors (Lipinski definition) is 0. The molecule has 24 heavy (non-hydrogen) atoms. The maximum absolute atomic E-state index is 5.62. The second kappa shape index (κ2) is 7.18. The second-order valence-electron chi connectivity index (χ2n) is 7.70. The fourth-order valence-electron chi connectivity index (χ4n) is 4.37. The maximum atomic E-state index is 5.62. The molecule has 0 aliphatic carbocycles. The monoisotopic (exact) mass is 329 g/mol. The molecule has 1 fully saturated rings. The number of aryl methyl sites for hydroxylation is 1. The highest BCUT2D eigenvalue weighted by Crippen LogP contribution is 2.41. The van der Waals surface area contributed by atoms with Gasteiger partial charge in [0.1, 0.15) is 0 Å². The van der Waals surface area contributed by atoms with Crippen molar-refractivity contribution in [3.8, 4) is 11.5 Å². The van der Waals surface area contributed by atoms with E-state index < -0.39 is 0 Å². The number of likely N-dealkylation sites (N-methyl/N-ethyl adjacent to an activating group) is 1. The molecule has 0 radical (unpaired) electrons. The van der Waals surface area contributed by atoms with Crippen molar-refractivity contribution in [2.24, 2.45) is 5.92 Å². The largest absolute Gasteiger partial charge is 0.454 e. The van der Waals surface area contributed by atoms with Gasteiger partial charge in [-0.25, -0.2) is 0 Å². The molecule has 1 saturated heterocycles. The highest BCUT2D eigenvalue weighted by atomic mass is 16.7. The van der Waals surface area contributed by atoms with E-state index in [4.69, 9.17) is 9.47 Å². The van der Waals surface area contributed by atoms with E-state index in [9.17, 15) is 0 Å². The minimum atomic E-state index is 0.355. The van der Waals surface area contributed by atoms with Crippen LogP contribution >= 0.6 is 0 Å². The lowest BCUT2D eigenvalue weighted by atomic mass is 9.91. The van der Waals surface area contributed by atoms with E-state index in [2.05, 4.69) is 57.7 Å². The Morgan fingerprint density at radius 2 is 2.12 bits per heavy atom. The summed E-state index contributed by atoms with van der Waals surface area (Å²) in [6.45, 7) is 13.8. The van der Waals surface area contributed by atoms with Crippen molar-refractivity contribution < 1.29 is 9.47 Å². The van der Waals surface area contributed by atoms with E-state index >= 15 is 0 Å². The molecule has 3 nitrogen and oxygen atoms in total. The summed E-state index contributed by atoms with van der Waals surface area (Å²) in [6.07, 6.45) is 4.90. The van der Waals surface area contributed by atoms with Crippen LogP contribution in [0.15, 0.2) is 23.8 Å². The molecule has 3 heteroatoms. The van der Waals surface area contributed by atoms with Gasteiger partial charge in [0, 0.05) is 12.6 Å². The molecular formula is C21H31NO2. The van der Waals surface area contributed by atoms with Gasteiger partial charge in [-0.1, -0.05) is 31.6 Å². The molecule has 3 atom stereocenters. The Labute approximate surface area is 146 Å². The lowest BCUT2D eigenvalue weighted by Crippen LogP contribution is -2.30. The molecule has 1 aromatic carbocycles. The Kier molecular flexibility index (Phi) is 5.19. The van der Waals surface area contributed by atoms with Gasteiger partial charge in [0.2, 0.25) is 6.79 Å². The minimum Gasteiger partial charge on any atom is -0.454 e. The average molecular weight is 329 g/mol. The van der Waals surface area contributed by atoms with Crippen molar-refractivity contribution in [1.29, 1.82) is 0 Å². The maximum Gasteiger partial charge on any atom is 0.231 e. The zero-order chi connectivity index (χ0) is 17.3. The van der Waals surface area contributed by atoms with Gasteiger partial charge in [-0.3, -0.25) is 0 Å². The predicted molar refractivity (Wildman–Crippen MR) is 98.9 cm³/mol. The van der Waals surface area contributed by atoms with Crippen molar-refractivity contribution in [1.82, 2.24) is 4.90 Å². The molecule has 0 N–H and O–H groups in total. The van der Waals surface area contributed by atoms with Crippen LogP contribution in [-0.2, 0) is 0 Å². The smallest absolute Gasteiger partial charge is 0.231 e. The second-order valence-corrected chi connectivity index (χ2v) is 7.70. The van der Waals surface area contributed by atoms with Crippen molar-refractivity contribution >= 4 is 0 Å². The van der Waals surface area contributed by atoms with Crippen LogP contribution in [0.2, 0.25) is 0 Å². The number of rotatable bonds is 5. The Bertz CT molecular complexity index is 619.